The first-order chi connectivity index (χ1) is 8.81. The van der Waals surface area contributed by atoms with E-state index in [4.69, 9.17) is 9.47 Å². The molecule has 0 aromatic heterocycles. The van der Waals surface area contributed by atoms with Gasteiger partial charge in [0.1, 0.15) is 5.75 Å². The van der Waals surface area contributed by atoms with Crippen molar-refractivity contribution in [1.29, 1.82) is 0 Å². The van der Waals surface area contributed by atoms with Crippen molar-refractivity contribution in [2.24, 2.45) is 0 Å². The molecule has 18 heavy (non-hydrogen) atoms. The lowest BCUT2D eigenvalue weighted by Crippen LogP contribution is -2.38. The average Bonchev–Trinajstić information content (AvgIpc) is 2.46. The summed E-state index contributed by atoms with van der Waals surface area (Å²) in [4.78, 5) is 12.9. The molecule has 4 nitrogen and oxygen atoms in total. The second kappa shape index (κ2) is 5.87. The van der Waals surface area contributed by atoms with Crippen LogP contribution in [0.3, 0.4) is 0 Å². The molecule has 0 spiro atoms. The van der Waals surface area contributed by atoms with Gasteiger partial charge in [0.05, 0.1) is 26.4 Å². The molecular weight excluding hydrogens is 230 g/mol. The van der Waals surface area contributed by atoms with Gasteiger partial charge in [-0.25, -0.2) is 0 Å². The average molecular weight is 249 g/mol. The molecule has 1 aliphatic heterocycles. The van der Waals surface area contributed by atoms with Crippen LogP contribution in [-0.2, 0) is 16.0 Å². The highest BCUT2D eigenvalue weighted by molar-refractivity contribution is 5.52. The van der Waals surface area contributed by atoms with Gasteiger partial charge in [0.15, 0.2) is 0 Å². The summed E-state index contributed by atoms with van der Waals surface area (Å²) in [5.41, 5.74) is 2.19. The second-order valence-electron chi connectivity index (χ2n) is 4.33. The van der Waals surface area contributed by atoms with Crippen LogP contribution in [0.4, 0.5) is 0 Å². The molecule has 1 atom stereocenters. The molecule has 1 heterocycles. The standard InChI is InChI=1S/C14H19NO3/c1-3-11-5-4-6-12(14(11)17-2)13-9-18-8-7-15(13)10-16/h4-6,10,13H,3,7-9H2,1-2H3. The van der Waals surface area contributed by atoms with Gasteiger partial charge in [-0.15, -0.1) is 0 Å². The minimum Gasteiger partial charge on any atom is -0.496 e. The Labute approximate surface area is 107 Å². The molecule has 1 aliphatic rings. The maximum absolute atomic E-state index is 11.1. The quantitative estimate of drug-likeness (QED) is 0.764. The van der Waals surface area contributed by atoms with E-state index in [2.05, 4.69) is 13.0 Å². The van der Waals surface area contributed by atoms with Gasteiger partial charge in [-0.2, -0.15) is 0 Å². The van der Waals surface area contributed by atoms with Crippen molar-refractivity contribution in [3.8, 4) is 5.75 Å². The van der Waals surface area contributed by atoms with Crippen LogP contribution in [0.2, 0.25) is 0 Å². The third kappa shape index (κ3) is 2.34. The van der Waals surface area contributed by atoms with Crippen molar-refractivity contribution in [2.75, 3.05) is 26.9 Å². The van der Waals surface area contributed by atoms with Crippen molar-refractivity contribution in [3.63, 3.8) is 0 Å². The first-order valence-corrected chi connectivity index (χ1v) is 6.26. The van der Waals surface area contributed by atoms with E-state index >= 15 is 0 Å². The van der Waals surface area contributed by atoms with E-state index in [1.165, 1.54) is 0 Å². The minimum absolute atomic E-state index is 0.0438. The molecule has 0 radical (unpaired) electrons. The van der Waals surface area contributed by atoms with Crippen LogP contribution in [-0.4, -0.2) is 38.2 Å². The third-order valence-electron chi connectivity index (χ3n) is 3.38. The Morgan fingerprint density at radius 3 is 3.06 bits per heavy atom. The first kappa shape index (κ1) is 12.9. The number of methoxy groups -OCH3 is 1. The lowest BCUT2D eigenvalue weighted by molar-refractivity contribution is -0.126. The molecule has 4 heteroatoms. The largest absolute Gasteiger partial charge is 0.496 e. The van der Waals surface area contributed by atoms with Crippen molar-refractivity contribution in [1.82, 2.24) is 4.90 Å². The Bertz CT molecular complexity index is 420. The van der Waals surface area contributed by atoms with Crippen molar-refractivity contribution >= 4 is 6.41 Å². The normalized spacial score (nSPS) is 19.7. The lowest BCUT2D eigenvalue weighted by Gasteiger charge is -2.34. The van der Waals surface area contributed by atoms with Crippen LogP contribution >= 0.6 is 0 Å². The van der Waals surface area contributed by atoms with Crippen LogP contribution in [0.25, 0.3) is 0 Å². The van der Waals surface area contributed by atoms with Gasteiger partial charge in [0.25, 0.3) is 0 Å². The fraction of sp³-hybridized carbons (Fsp3) is 0.500. The molecule has 98 valence electrons. The highest BCUT2D eigenvalue weighted by Crippen LogP contribution is 2.33. The van der Waals surface area contributed by atoms with Crippen molar-refractivity contribution in [2.45, 2.75) is 19.4 Å². The number of carbonyl (C=O) groups excluding carboxylic acids is 1. The molecule has 1 saturated heterocycles. The summed E-state index contributed by atoms with van der Waals surface area (Å²) in [5.74, 6) is 0.877. The zero-order valence-corrected chi connectivity index (χ0v) is 10.9. The second-order valence-corrected chi connectivity index (χ2v) is 4.33. The highest BCUT2D eigenvalue weighted by Gasteiger charge is 2.26. The molecule has 0 bridgehead atoms. The monoisotopic (exact) mass is 249 g/mol. The molecular formula is C14H19NO3. The third-order valence-corrected chi connectivity index (χ3v) is 3.38. The summed E-state index contributed by atoms with van der Waals surface area (Å²) < 4.78 is 11.0. The van der Waals surface area contributed by atoms with Gasteiger partial charge >= 0.3 is 0 Å². The van der Waals surface area contributed by atoms with Crippen LogP contribution in [0, 0.1) is 0 Å². The van der Waals surface area contributed by atoms with E-state index < -0.39 is 0 Å². The zero-order chi connectivity index (χ0) is 13.0. The molecule has 2 rings (SSSR count). The maximum atomic E-state index is 11.1. The van der Waals surface area contributed by atoms with Crippen molar-refractivity contribution in [3.05, 3.63) is 29.3 Å². The minimum atomic E-state index is -0.0438. The summed E-state index contributed by atoms with van der Waals surface area (Å²) >= 11 is 0. The Hall–Kier alpha value is -1.55. The van der Waals surface area contributed by atoms with Crippen LogP contribution in [0.1, 0.15) is 24.1 Å². The van der Waals surface area contributed by atoms with E-state index in [9.17, 15) is 4.79 Å². The number of rotatable bonds is 4. The number of hydrogen-bond acceptors (Lipinski definition) is 3. The number of ether oxygens (including phenoxy) is 2. The van der Waals surface area contributed by atoms with Gasteiger partial charge in [0, 0.05) is 12.1 Å². The number of para-hydroxylation sites is 1. The van der Waals surface area contributed by atoms with Gasteiger partial charge in [-0.3, -0.25) is 4.79 Å². The fourth-order valence-corrected chi connectivity index (χ4v) is 2.41. The summed E-state index contributed by atoms with van der Waals surface area (Å²) in [6.45, 7) is 3.86. The smallest absolute Gasteiger partial charge is 0.210 e. The lowest BCUT2D eigenvalue weighted by atomic mass is 9.99. The topological polar surface area (TPSA) is 38.8 Å². The number of nitrogens with zero attached hydrogens (tertiary/aromatic N) is 1. The zero-order valence-electron chi connectivity index (χ0n) is 10.9. The molecule has 1 fully saturated rings. The summed E-state index contributed by atoms with van der Waals surface area (Å²) in [6.07, 6.45) is 1.80. The predicted molar refractivity (Wildman–Crippen MR) is 68.7 cm³/mol. The molecule has 1 aromatic rings. The molecule has 1 aromatic carbocycles. The Morgan fingerprint density at radius 1 is 1.56 bits per heavy atom. The molecule has 0 N–H and O–H groups in total. The number of morpholine rings is 1. The van der Waals surface area contributed by atoms with Gasteiger partial charge in [0.2, 0.25) is 6.41 Å². The highest BCUT2D eigenvalue weighted by atomic mass is 16.5. The fourth-order valence-electron chi connectivity index (χ4n) is 2.41. The Morgan fingerprint density at radius 2 is 2.39 bits per heavy atom. The first-order valence-electron chi connectivity index (χ1n) is 6.26. The van der Waals surface area contributed by atoms with Crippen LogP contribution < -0.4 is 4.74 Å². The SMILES string of the molecule is CCc1cccc(C2COCCN2C=O)c1OC. The molecule has 1 amide bonds. The maximum Gasteiger partial charge on any atom is 0.210 e. The van der Waals surface area contributed by atoms with Gasteiger partial charge in [-0.05, 0) is 12.0 Å². The van der Waals surface area contributed by atoms with E-state index in [-0.39, 0.29) is 6.04 Å². The number of amides is 1. The van der Waals surface area contributed by atoms with E-state index in [0.717, 1.165) is 29.7 Å². The Balaban J connectivity index is 2.39. The number of aryl methyl sites for hydroxylation is 1. The number of carbonyl (C=O) groups is 1. The molecule has 0 saturated carbocycles. The van der Waals surface area contributed by atoms with E-state index in [0.29, 0.717) is 19.8 Å². The van der Waals surface area contributed by atoms with E-state index in [1.54, 1.807) is 12.0 Å². The molecule has 1 unspecified atom stereocenters. The van der Waals surface area contributed by atoms with Crippen LogP contribution in [0.15, 0.2) is 18.2 Å². The predicted octanol–water partition coefficient (Wildman–Crippen LogP) is 1.79. The van der Waals surface area contributed by atoms with Gasteiger partial charge in [-0.1, -0.05) is 25.1 Å². The summed E-state index contributed by atoms with van der Waals surface area (Å²) in [6, 6.07) is 6.03. The summed E-state index contributed by atoms with van der Waals surface area (Å²) in [5, 5.41) is 0. The number of benzene rings is 1. The summed E-state index contributed by atoms with van der Waals surface area (Å²) in [7, 11) is 1.67. The molecule has 0 aliphatic carbocycles. The van der Waals surface area contributed by atoms with E-state index in [1.807, 2.05) is 12.1 Å². The van der Waals surface area contributed by atoms with Gasteiger partial charge < -0.3 is 14.4 Å². The van der Waals surface area contributed by atoms with Crippen molar-refractivity contribution < 1.29 is 14.3 Å². The van der Waals surface area contributed by atoms with Crippen LogP contribution in [0.5, 0.6) is 5.75 Å². The number of hydrogen-bond donors (Lipinski definition) is 0. The Kier molecular flexibility index (Phi) is 4.20.